The van der Waals surface area contributed by atoms with E-state index in [0.29, 0.717) is 31.2 Å². The highest BCUT2D eigenvalue weighted by molar-refractivity contribution is 5.69. The van der Waals surface area contributed by atoms with Crippen LogP contribution in [0.4, 0.5) is 18.0 Å². The van der Waals surface area contributed by atoms with Crippen molar-refractivity contribution in [3.8, 4) is 5.75 Å². The van der Waals surface area contributed by atoms with Gasteiger partial charge in [0, 0.05) is 7.11 Å². The van der Waals surface area contributed by atoms with Gasteiger partial charge >= 0.3 is 12.3 Å². The Morgan fingerprint density at radius 2 is 1.86 bits per heavy atom. The van der Waals surface area contributed by atoms with Crippen LogP contribution in [-0.4, -0.2) is 44.3 Å². The largest absolute Gasteiger partial charge is 0.493 e. The first-order valence-corrected chi connectivity index (χ1v) is 12.4. The quantitative estimate of drug-likeness (QED) is 0.228. The SMILES string of the molecule is CCCCCCCOc1ccc(CCC2(COCOC)CCC(C)(C)OC(=O)N2)cc1C(F)(F)F. The summed E-state index contributed by atoms with van der Waals surface area (Å²) in [5, 5.41) is 2.89. The average molecular weight is 504 g/mol. The van der Waals surface area contributed by atoms with E-state index >= 15 is 0 Å². The number of nitrogens with one attached hydrogen (secondary N) is 1. The summed E-state index contributed by atoms with van der Waals surface area (Å²) < 4.78 is 62.8. The number of aryl methyl sites for hydroxylation is 1. The number of halogens is 3. The van der Waals surface area contributed by atoms with Crippen LogP contribution >= 0.6 is 0 Å². The van der Waals surface area contributed by atoms with Crippen LogP contribution in [0.5, 0.6) is 5.75 Å². The van der Waals surface area contributed by atoms with Gasteiger partial charge in [-0.1, -0.05) is 38.7 Å². The first-order chi connectivity index (χ1) is 16.5. The summed E-state index contributed by atoms with van der Waals surface area (Å²) in [5.74, 6) is -0.146. The minimum atomic E-state index is -4.53. The predicted octanol–water partition coefficient (Wildman–Crippen LogP) is 6.65. The van der Waals surface area contributed by atoms with Crippen LogP contribution in [0, 0.1) is 0 Å². The Morgan fingerprint density at radius 3 is 2.54 bits per heavy atom. The molecule has 0 spiro atoms. The highest BCUT2D eigenvalue weighted by atomic mass is 19.4. The summed E-state index contributed by atoms with van der Waals surface area (Å²) in [6.07, 6.45) is 1.69. The maximum Gasteiger partial charge on any atom is 0.419 e. The molecule has 0 radical (unpaired) electrons. The third-order valence-electron chi connectivity index (χ3n) is 6.27. The van der Waals surface area contributed by atoms with Gasteiger partial charge in [-0.3, -0.25) is 0 Å². The van der Waals surface area contributed by atoms with Gasteiger partial charge in [0.1, 0.15) is 18.1 Å². The van der Waals surface area contributed by atoms with Gasteiger partial charge in [0.05, 0.1) is 24.3 Å². The molecule has 1 aromatic carbocycles. The van der Waals surface area contributed by atoms with Crippen LogP contribution in [-0.2, 0) is 26.8 Å². The number of alkyl carbamates (subject to hydrolysis) is 1. The zero-order valence-electron chi connectivity index (χ0n) is 21.4. The molecule has 1 amide bonds. The van der Waals surface area contributed by atoms with Crippen molar-refractivity contribution in [3.63, 3.8) is 0 Å². The molecule has 1 aliphatic heterocycles. The fourth-order valence-electron chi connectivity index (χ4n) is 4.19. The smallest absolute Gasteiger partial charge is 0.419 e. The van der Waals surface area contributed by atoms with Crippen LogP contribution < -0.4 is 10.1 Å². The van der Waals surface area contributed by atoms with Crippen LogP contribution in [0.15, 0.2) is 18.2 Å². The summed E-state index contributed by atoms with van der Waals surface area (Å²) in [7, 11) is 1.50. The second kappa shape index (κ2) is 13.3. The van der Waals surface area contributed by atoms with E-state index in [2.05, 4.69) is 12.2 Å². The maximum atomic E-state index is 13.8. The molecule has 0 bridgehead atoms. The summed E-state index contributed by atoms with van der Waals surface area (Å²) >= 11 is 0. The molecule has 35 heavy (non-hydrogen) atoms. The van der Waals surface area contributed by atoms with Gasteiger partial charge in [-0.05, 0) is 63.6 Å². The monoisotopic (exact) mass is 503 g/mol. The highest BCUT2D eigenvalue weighted by Gasteiger charge is 2.40. The number of carbonyl (C=O) groups excluding carboxylic acids is 1. The van der Waals surface area contributed by atoms with E-state index in [-0.39, 0.29) is 25.8 Å². The molecule has 1 aliphatic rings. The number of amides is 1. The number of unbranched alkanes of at least 4 members (excludes halogenated alkanes) is 4. The summed E-state index contributed by atoms with van der Waals surface area (Å²) in [6, 6.07) is 4.20. The number of rotatable bonds is 14. The van der Waals surface area contributed by atoms with E-state index in [1.54, 1.807) is 6.07 Å². The second-order valence-corrected chi connectivity index (χ2v) is 9.90. The van der Waals surface area contributed by atoms with E-state index < -0.39 is 29.0 Å². The number of methoxy groups -OCH3 is 1. The molecule has 1 atom stereocenters. The molecule has 6 nitrogen and oxygen atoms in total. The van der Waals surface area contributed by atoms with Crippen molar-refractivity contribution in [1.82, 2.24) is 5.32 Å². The molecule has 2 rings (SSSR count). The Morgan fingerprint density at radius 1 is 1.11 bits per heavy atom. The third kappa shape index (κ3) is 9.88. The summed E-state index contributed by atoms with van der Waals surface area (Å²) in [5.41, 5.74) is -1.69. The van der Waals surface area contributed by atoms with Crippen molar-refractivity contribution in [2.24, 2.45) is 0 Å². The molecule has 200 valence electrons. The molecule has 0 aliphatic carbocycles. The number of alkyl halides is 3. The number of cyclic esters (lactones) is 1. The Kier molecular flexibility index (Phi) is 11.1. The van der Waals surface area contributed by atoms with Crippen molar-refractivity contribution in [3.05, 3.63) is 29.3 Å². The Labute approximate surface area is 206 Å². The minimum Gasteiger partial charge on any atom is -0.493 e. The molecule has 0 saturated carbocycles. The lowest BCUT2D eigenvalue weighted by Gasteiger charge is -2.32. The van der Waals surface area contributed by atoms with E-state index in [1.807, 2.05) is 13.8 Å². The topological polar surface area (TPSA) is 66.0 Å². The van der Waals surface area contributed by atoms with E-state index in [1.165, 1.54) is 13.2 Å². The molecule has 1 heterocycles. The maximum absolute atomic E-state index is 13.8. The Bertz CT molecular complexity index is 800. The number of carbonyl (C=O) groups is 1. The van der Waals surface area contributed by atoms with Crippen molar-refractivity contribution in [1.29, 1.82) is 0 Å². The molecule has 1 saturated heterocycles. The highest BCUT2D eigenvalue weighted by Crippen LogP contribution is 2.38. The summed E-state index contributed by atoms with van der Waals surface area (Å²) in [6.45, 7) is 6.24. The van der Waals surface area contributed by atoms with E-state index in [9.17, 15) is 18.0 Å². The Balaban J connectivity index is 2.13. The molecule has 1 fully saturated rings. The van der Waals surface area contributed by atoms with Gasteiger partial charge in [-0.15, -0.1) is 0 Å². The van der Waals surface area contributed by atoms with Crippen LogP contribution in [0.1, 0.15) is 83.3 Å². The lowest BCUT2D eigenvalue weighted by atomic mass is 9.84. The van der Waals surface area contributed by atoms with Gasteiger partial charge in [-0.25, -0.2) is 4.79 Å². The normalized spacial score (nSPS) is 20.1. The van der Waals surface area contributed by atoms with E-state index in [4.69, 9.17) is 18.9 Å². The lowest BCUT2D eigenvalue weighted by molar-refractivity contribution is -0.139. The number of benzene rings is 1. The average Bonchev–Trinajstić information content (AvgIpc) is 2.89. The number of ether oxygens (including phenoxy) is 4. The van der Waals surface area contributed by atoms with Crippen molar-refractivity contribution in [2.45, 2.75) is 95.9 Å². The lowest BCUT2D eigenvalue weighted by Crippen LogP contribution is -2.51. The van der Waals surface area contributed by atoms with Crippen LogP contribution in [0.25, 0.3) is 0 Å². The molecule has 1 N–H and O–H groups in total. The molecule has 9 heteroatoms. The zero-order valence-corrected chi connectivity index (χ0v) is 21.4. The first-order valence-electron chi connectivity index (χ1n) is 12.4. The van der Waals surface area contributed by atoms with Crippen molar-refractivity contribution < 1.29 is 36.9 Å². The zero-order chi connectivity index (χ0) is 26.0. The van der Waals surface area contributed by atoms with Gasteiger partial charge in [-0.2, -0.15) is 13.2 Å². The minimum absolute atomic E-state index is 0.0462. The summed E-state index contributed by atoms with van der Waals surface area (Å²) in [4.78, 5) is 12.4. The fraction of sp³-hybridized carbons (Fsp3) is 0.731. The molecular weight excluding hydrogens is 463 g/mol. The molecule has 0 aromatic heterocycles. The molecule has 1 aromatic rings. The van der Waals surface area contributed by atoms with Gasteiger partial charge < -0.3 is 24.3 Å². The number of hydrogen-bond acceptors (Lipinski definition) is 5. The predicted molar refractivity (Wildman–Crippen MR) is 128 cm³/mol. The number of hydrogen-bond donors (Lipinski definition) is 1. The molecular formula is C26H40F3NO5. The van der Waals surface area contributed by atoms with Crippen molar-refractivity contribution in [2.75, 3.05) is 27.1 Å². The molecule has 1 unspecified atom stereocenters. The third-order valence-corrected chi connectivity index (χ3v) is 6.27. The van der Waals surface area contributed by atoms with Gasteiger partial charge in [0.15, 0.2) is 0 Å². The van der Waals surface area contributed by atoms with Crippen LogP contribution in [0.2, 0.25) is 0 Å². The Hall–Kier alpha value is -2.00. The van der Waals surface area contributed by atoms with Gasteiger partial charge in [0.2, 0.25) is 0 Å². The first kappa shape index (κ1) is 29.2. The van der Waals surface area contributed by atoms with Crippen molar-refractivity contribution >= 4 is 6.09 Å². The van der Waals surface area contributed by atoms with E-state index in [0.717, 1.165) is 38.2 Å². The van der Waals surface area contributed by atoms with Gasteiger partial charge in [0.25, 0.3) is 0 Å². The second-order valence-electron chi connectivity index (χ2n) is 9.90. The standard InChI is InChI=1S/C26H40F3NO5/c1-5-6-7-8-9-16-34-22-11-10-20(17-21(22)26(27,28)29)12-13-25(18-33-19-32-4)15-14-24(2,3)35-23(31)30-25/h10-11,17H,5-9,12-16,18-19H2,1-4H3,(H,30,31). The fourth-order valence-corrected chi connectivity index (χ4v) is 4.19. The van der Waals surface area contributed by atoms with Crippen LogP contribution in [0.3, 0.4) is 0 Å².